The molecule has 2 heterocycles. The molecule has 160 valence electrons. The van der Waals surface area contributed by atoms with Gasteiger partial charge in [0.1, 0.15) is 16.4 Å². The molecule has 2 aromatic carbocycles. The van der Waals surface area contributed by atoms with E-state index in [0.717, 1.165) is 10.4 Å². The van der Waals surface area contributed by atoms with E-state index in [-0.39, 0.29) is 17.4 Å². The zero-order valence-electron chi connectivity index (χ0n) is 17.2. The van der Waals surface area contributed by atoms with Gasteiger partial charge in [-0.15, -0.1) is 11.3 Å². The molecule has 0 aliphatic carbocycles. The summed E-state index contributed by atoms with van der Waals surface area (Å²) in [6, 6.07) is 17.7. The predicted molar refractivity (Wildman–Crippen MR) is 119 cm³/mol. The second-order valence-corrected chi connectivity index (χ2v) is 8.34. The maximum absolute atomic E-state index is 14.0. The third-order valence-corrected chi connectivity index (χ3v) is 6.50. The summed E-state index contributed by atoms with van der Waals surface area (Å²) in [6.45, 7) is 1.76. The average Bonchev–Trinajstić information content (AvgIpc) is 3.09. The first-order valence-electron chi connectivity index (χ1n) is 10.1. The van der Waals surface area contributed by atoms with Gasteiger partial charge in [0, 0.05) is 31.1 Å². The van der Waals surface area contributed by atoms with E-state index in [2.05, 4.69) is 0 Å². The fourth-order valence-corrected chi connectivity index (χ4v) is 4.79. The number of thiophene rings is 1. The van der Waals surface area contributed by atoms with E-state index >= 15 is 0 Å². The van der Waals surface area contributed by atoms with Gasteiger partial charge in [0.25, 0.3) is 11.8 Å². The molecular formula is C24H23FN2O3S. The normalized spacial score (nSPS) is 14.3. The van der Waals surface area contributed by atoms with Crippen molar-refractivity contribution in [1.82, 2.24) is 9.80 Å². The Morgan fingerprint density at radius 3 is 2.23 bits per heavy atom. The molecule has 4 rings (SSSR count). The van der Waals surface area contributed by atoms with Gasteiger partial charge in [-0.05, 0) is 30.2 Å². The second kappa shape index (κ2) is 9.31. The van der Waals surface area contributed by atoms with Crippen LogP contribution in [0.4, 0.5) is 4.39 Å². The number of halogens is 1. The number of methoxy groups -OCH3 is 1. The van der Waals surface area contributed by atoms with Crippen molar-refractivity contribution in [2.24, 2.45) is 0 Å². The van der Waals surface area contributed by atoms with Crippen molar-refractivity contribution < 1.29 is 18.7 Å². The van der Waals surface area contributed by atoms with Gasteiger partial charge in [0.15, 0.2) is 0 Å². The number of nitrogens with zero attached hydrogens (tertiary/aromatic N) is 2. The van der Waals surface area contributed by atoms with E-state index in [1.165, 1.54) is 23.5 Å². The Bertz CT molecular complexity index is 1080. The van der Waals surface area contributed by atoms with Crippen LogP contribution in [-0.2, 0) is 0 Å². The van der Waals surface area contributed by atoms with Gasteiger partial charge in [-0.3, -0.25) is 9.59 Å². The minimum Gasteiger partial charge on any atom is -0.495 e. The van der Waals surface area contributed by atoms with Gasteiger partial charge < -0.3 is 14.5 Å². The molecule has 5 nitrogen and oxygen atoms in total. The Labute approximate surface area is 184 Å². The number of hydrogen-bond acceptors (Lipinski definition) is 4. The molecule has 0 unspecified atom stereocenters. The topological polar surface area (TPSA) is 49.9 Å². The molecule has 1 saturated heterocycles. The molecule has 0 atom stereocenters. The van der Waals surface area contributed by atoms with Crippen molar-refractivity contribution in [3.8, 4) is 16.2 Å². The zero-order valence-corrected chi connectivity index (χ0v) is 18.0. The lowest BCUT2D eigenvalue weighted by atomic mass is 10.2. The summed E-state index contributed by atoms with van der Waals surface area (Å²) in [5.41, 5.74) is 1.09. The van der Waals surface area contributed by atoms with E-state index < -0.39 is 5.82 Å². The van der Waals surface area contributed by atoms with Crippen LogP contribution in [0.3, 0.4) is 0 Å². The number of ether oxygens (including phenoxy) is 1. The number of hydrogen-bond donors (Lipinski definition) is 0. The molecule has 0 spiro atoms. The molecule has 2 amide bonds. The SMILES string of the molecule is COc1cc(-c2ccccc2)sc1C(=O)N1CCCN(C(=O)c2ccccc2F)CC1. The lowest BCUT2D eigenvalue weighted by Crippen LogP contribution is -2.37. The van der Waals surface area contributed by atoms with Crippen LogP contribution in [0.5, 0.6) is 5.75 Å². The Kier molecular flexibility index (Phi) is 6.32. The van der Waals surface area contributed by atoms with Gasteiger partial charge in [0.05, 0.1) is 12.7 Å². The highest BCUT2D eigenvalue weighted by Gasteiger charge is 2.27. The van der Waals surface area contributed by atoms with Crippen LogP contribution >= 0.6 is 11.3 Å². The smallest absolute Gasteiger partial charge is 0.267 e. The third kappa shape index (κ3) is 4.46. The summed E-state index contributed by atoms with van der Waals surface area (Å²) in [6.07, 6.45) is 0.630. The summed E-state index contributed by atoms with van der Waals surface area (Å²) >= 11 is 1.41. The Balaban J connectivity index is 1.50. The van der Waals surface area contributed by atoms with E-state index in [0.29, 0.717) is 43.2 Å². The largest absolute Gasteiger partial charge is 0.495 e. The maximum Gasteiger partial charge on any atom is 0.267 e. The highest BCUT2D eigenvalue weighted by molar-refractivity contribution is 7.17. The molecule has 3 aromatic rings. The standard InChI is InChI=1S/C24H23FN2O3S/c1-30-20-16-21(17-8-3-2-4-9-17)31-22(20)24(29)27-13-7-12-26(14-15-27)23(28)18-10-5-6-11-19(18)25/h2-6,8-11,16H,7,12-15H2,1H3. The molecule has 7 heteroatoms. The van der Waals surface area contributed by atoms with Gasteiger partial charge in [-0.1, -0.05) is 42.5 Å². The maximum atomic E-state index is 14.0. The van der Waals surface area contributed by atoms with Gasteiger partial charge in [-0.2, -0.15) is 0 Å². The number of carbonyl (C=O) groups is 2. The van der Waals surface area contributed by atoms with E-state index in [9.17, 15) is 14.0 Å². The molecule has 1 aromatic heterocycles. The van der Waals surface area contributed by atoms with Crippen LogP contribution in [-0.4, -0.2) is 54.9 Å². The molecule has 0 saturated carbocycles. The van der Waals surface area contributed by atoms with Crippen molar-refractivity contribution in [2.45, 2.75) is 6.42 Å². The molecular weight excluding hydrogens is 415 g/mol. The van der Waals surface area contributed by atoms with Crippen molar-refractivity contribution in [3.63, 3.8) is 0 Å². The zero-order chi connectivity index (χ0) is 21.8. The number of amides is 2. The van der Waals surface area contributed by atoms with Crippen LogP contribution in [0, 0.1) is 5.82 Å². The van der Waals surface area contributed by atoms with Crippen LogP contribution in [0.25, 0.3) is 10.4 Å². The quantitative estimate of drug-likeness (QED) is 0.601. The fraction of sp³-hybridized carbons (Fsp3) is 0.250. The summed E-state index contributed by atoms with van der Waals surface area (Å²) in [7, 11) is 1.56. The highest BCUT2D eigenvalue weighted by Crippen LogP contribution is 2.37. The van der Waals surface area contributed by atoms with Gasteiger partial charge in [0.2, 0.25) is 0 Å². The van der Waals surface area contributed by atoms with E-state index in [1.807, 2.05) is 36.4 Å². The number of rotatable bonds is 4. The Morgan fingerprint density at radius 2 is 1.55 bits per heavy atom. The van der Waals surface area contributed by atoms with E-state index in [1.54, 1.807) is 29.0 Å². The van der Waals surface area contributed by atoms with Crippen molar-refractivity contribution >= 4 is 23.2 Å². The highest BCUT2D eigenvalue weighted by atomic mass is 32.1. The molecule has 31 heavy (non-hydrogen) atoms. The molecule has 0 radical (unpaired) electrons. The monoisotopic (exact) mass is 438 g/mol. The first-order chi connectivity index (χ1) is 15.1. The second-order valence-electron chi connectivity index (χ2n) is 7.29. The van der Waals surface area contributed by atoms with Crippen LogP contribution in [0.1, 0.15) is 26.5 Å². The summed E-state index contributed by atoms with van der Waals surface area (Å²) in [5.74, 6) is -0.421. The Hall–Kier alpha value is -3.19. The Morgan fingerprint density at radius 1 is 0.903 bits per heavy atom. The number of carbonyl (C=O) groups excluding carboxylic acids is 2. The number of benzene rings is 2. The molecule has 0 bridgehead atoms. The molecule has 1 aliphatic rings. The fourth-order valence-electron chi connectivity index (χ4n) is 3.69. The first-order valence-corrected chi connectivity index (χ1v) is 11.0. The molecule has 1 aliphatic heterocycles. The summed E-state index contributed by atoms with van der Waals surface area (Å²) in [5, 5.41) is 0. The van der Waals surface area contributed by atoms with Crippen LogP contribution in [0.2, 0.25) is 0 Å². The minimum absolute atomic E-state index is 0.0645. The molecule has 1 fully saturated rings. The summed E-state index contributed by atoms with van der Waals surface area (Å²) in [4.78, 5) is 30.9. The third-order valence-electron chi connectivity index (χ3n) is 5.35. The van der Waals surface area contributed by atoms with Gasteiger partial charge in [-0.25, -0.2) is 4.39 Å². The lowest BCUT2D eigenvalue weighted by molar-refractivity contribution is 0.0717. The summed E-state index contributed by atoms with van der Waals surface area (Å²) < 4.78 is 19.5. The van der Waals surface area contributed by atoms with Crippen molar-refractivity contribution in [1.29, 1.82) is 0 Å². The van der Waals surface area contributed by atoms with Crippen LogP contribution in [0.15, 0.2) is 60.7 Å². The van der Waals surface area contributed by atoms with Gasteiger partial charge >= 0.3 is 0 Å². The van der Waals surface area contributed by atoms with Crippen LogP contribution < -0.4 is 4.74 Å². The first kappa shape index (κ1) is 21.1. The van der Waals surface area contributed by atoms with Crippen molar-refractivity contribution in [2.75, 3.05) is 33.3 Å². The lowest BCUT2D eigenvalue weighted by Gasteiger charge is -2.22. The van der Waals surface area contributed by atoms with Crippen molar-refractivity contribution in [3.05, 3.63) is 76.9 Å². The van der Waals surface area contributed by atoms with E-state index in [4.69, 9.17) is 4.74 Å². The molecule has 0 N–H and O–H groups in total. The minimum atomic E-state index is -0.526. The predicted octanol–water partition coefficient (Wildman–Crippen LogP) is 4.55. The average molecular weight is 439 g/mol.